The smallest absolute Gasteiger partial charge is 0.210 e. The molecule has 1 amide bonds. The van der Waals surface area contributed by atoms with Gasteiger partial charge in [-0.2, -0.15) is 0 Å². The van der Waals surface area contributed by atoms with Crippen LogP contribution >= 0.6 is 0 Å². The fraction of sp³-hybridized carbons (Fsp3) is 0.727. The lowest BCUT2D eigenvalue weighted by atomic mass is 10.2. The molecule has 1 saturated heterocycles. The highest BCUT2D eigenvalue weighted by molar-refractivity contribution is 6.83. The van der Waals surface area contributed by atoms with Gasteiger partial charge in [-0.25, -0.2) is 0 Å². The fourth-order valence-corrected chi connectivity index (χ4v) is 2.05. The van der Waals surface area contributed by atoms with Gasteiger partial charge in [0.05, 0.1) is 19.3 Å². The predicted molar refractivity (Wildman–Crippen MR) is 63.1 cm³/mol. The summed E-state index contributed by atoms with van der Waals surface area (Å²) in [5.74, 6) is 3.19. The molecule has 0 saturated carbocycles. The minimum atomic E-state index is -1.28. The summed E-state index contributed by atoms with van der Waals surface area (Å²) in [7, 11) is -1.28. The first-order valence-corrected chi connectivity index (χ1v) is 8.82. The number of ether oxygens (including phenoxy) is 1. The Bertz CT molecular complexity index is 275. The SMILES string of the molecule is C[Si](C)(C)C#CC[C@H]1COCCN1C=O. The maximum Gasteiger partial charge on any atom is 0.210 e. The standard InChI is InChI=1S/C11H19NO2Si/c1-15(2,3)8-4-5-11-9-14-7-6-12(11)10-13/h10-11H,5-7,9H2,1-3H3/t11-/m0/s1. The van der Waals surface area contributed by atoms with Crippen LogP contribution in [-0.2, 0) is 9.53 Å². The monoisotopic (exact) mass is 225 g/mol. The van der Waals surface area contributed by atoms with Crippen molar-refractivity contribution in [1.82, 2.24) is 4.90 Å². The second kappa shape index (κ2) is 5.33. The number of carbonyl (C=O) groups excluding carboxylic acids is 1. The van der Waals surface area contributed by atoms with Crippen LogP contribution in [0.1, 0.15) is 6.42 Å². The molecule has 84 valence electrons. The first-order chi connectivity index (χ1) is 7.03. The highest BCUT2D eigenvalue weighted by Gasteiger charge is 2.20. The van der Waals surface area contributed by atoms with E-state index in [1.54, 1.807) is 4.90 Å². The molecule has 0 aromatic carbocycles. The van der Waals surface area contributed by atoms with Crippen molar-refractivity contribution in [2.24, 2.45) is 0 Å². The molecule has 0 spiro atoms. The largest absolute Gasteiger partial charge is 0.377 e. The van der Waals surface area contributed by atoms with Gasteiger partial charge in [0.15, 0.2) is 0 Å². The van der Waals surface area contributed by atoms with Crippen LogP contribution in [0.5, 0.6) is 0 Å². The molecule has 1 heterocycles. The average Bonchev–Trinajstić information content (AvgIpc) is 2.16. The van der Waals surface area contributed by atoms with E-state index in [1.165, 1.54) is 0 Å². The van der Waals surface area contributed by atoms with Crippen LogP contribution in [0, 0.1) is 11.5 Å². The summed E-state index contributed by atoms with van der Waals surface area (Å²) < 4.78 is 5.34. The van der Waals surface area contributed by atoms with E-state index < -0.39 is 8.07 Å². The van der Waals surface area contributed by atoms with Crippen LogP contribution in [0.25, 0.3) is 0 Å². The lowest BCUT2D eigenvalue weighted by Gasteiger charge is -2.31. The summed E-state index contributed by atoms with van der Waals surface area (Å²) in [4.78, 5) is 12.6. The highest BCUT2D eigenvalue weighted by Crippen LogP contribution is 2.07. The van der Waals surface area contributed by atoms with Crippen molar-refractivity contribution < 1.29 is 9.53 Å². The van der Waals surface area contributed by atoms with E-state index in [4.69, 9.17) is 4.74 Å². The summed E-state index contributed by atoms with van der Waals surface area (Å²) >= 11 is 0. The molecule has 1 aliphatic rings. The molecule has 1 aliphatic heterocycles. The van der Waals surface area contributed by atoms with Crippen molar-refractivity contribution >= 4 is 14.5 Å². The molecule has 0 radical (unpaired) electrons. The summed E-state index contributed by atoms with van der Waals surface area (Å²) in [6.45, 7) is 8.62. The third-order valence-corrected chi connectivity index (χ3v) is 3.14. The van der Waals surface area contributed by atoms with E-state index in [9.17, 15) is 4.79 Å². The van der Waals surface area contributed by atoms with Gasteiger partial charge in [-0.1, -0.05) is 19.6 Å². The number of nitrogens with zero attached hydrogens (tertiary/aromatic N) is 1. The summed E-state index contributed by atoms with van der Waals surface area (Å²) in [5, 5.41) is 0. The maximum absolute atomic E-state index is 10.8. The second-order valence-electron chi connectivity index (χ2n) is 4.83. The van der Waals surface area contributed by atoms with E-state index in [0.717, 1.165) is 12.8 Å². The quantitative estimate of drug-likeness (QED) is 0.400. The number of hydrogen-bond donors (Lipinski definition) is 0. The van der Waals surface area contributed by atoms with Gasteiger partial charge in [-0.05, 0) is 0 Å². The number of carbonyl (C=O) groups is 1. The summed E-state index contributed by atoms with van der Waals surface area (Å²) in [6.07, 6.45) is 1.65. The van der Waals surface area contributed by atoms with Crippen LogP contribution in [0.15, 0.2) is 0 Å². The molecule has 0 aliphatic carbocycles. The molecule has 0 aromatic rings. The van der Waals surface area contributed by atoms with Crippen molar-refractivity contribution in [1.29, 1.82) is 0 Å². The van der Waals surface area contributed by atoms with Gasteiger partial charge in [-0.15, -0.1) is 11.5 Å². The predicted octanol–water partition coefficient (Wildman–Crippen LogP) is 1.11. The molecule has 4 heteroatoms. The van der Waals surface area contributed by atoms with Crippen LogP contribution in [0.4, 0.5) is 0 Å². The first-order valence-electron chi connectivity index (χ1n) is 5.32. The number of amides is 1. The van der Waals surface area contributed by atoms with Crippen LogP contribution in [0.3, 0.4) is 0 Å². The van der Waals surface area contributed by atoms with E-state index in [1.807, 2.05) is 0 Å². The van der Waals surface area contributed by atoms with Crippen LogP contribution in [0.2, 0.25) is 19.6 Å². The summed E-state index contributed by atoms with van der Waals surface area (Å²) in [6, 6.07) is 0.153. The zero-order valence-corrected chi connectivity index (χ0v) is 10.7. The normalized spacial score (nSPS) is 21.8. The van der Waals surface area contributed by atoms with Crippen molar-refractivity contribution in [3.63, 3.8) is 0 Å². The Balaban J connectivity index is 2.48. The molecular weight excluding hydrogens is 206 g/mol. The van der Waals surface area contributed by atoms with Crippen molar-refractivity contribution in [3.05, 3.63) is 0 Å². The zero-order valence-electron chi connectivity index (χ0n) is 9.75. The third kappa shape index (κ3) is 4.50. The van der Waals surface area contributed by atoms with E-state index >= 15 is 0 Å². The molecule has 1 fully saturated rings. The first kappa shape index (κ1) is 12.3. The molecular formula is C11H19NO2Si. The zero-order chi connectivity index (χ0) is 11.3. The molecule has 0 N–H and O–H groups in total. The third-order valence-electron chi connectivity index (χ3n) is 2.21. The fourth-order valence-electron chi connectivity index (χ4n) is 1.42. The molecule has 3 nitrogen and oxygen atoms in total. The Morgan fingerprint density at radius 2 is 2.27 bits per heavy atom. The van der Waals surface area contributed by atoms with Gasteiger partial charge in [0, 0.05) is 13.0 Å². The molecule has 15 heavy (non-hydrogen) atoms. The van der Waals surface area contributed by atoms with Crippen molar-refractivity contribution in [2.45, 2.75) is 32.1 Å². The van der Waals surface area contributed by atoms with Crippen molar-refractivity contribution in [3.8, 4) is 11.5 Å². The summed E-state index contributed by atoms with van der Waals surface area (Å²) in [5.41, 5.74) is 3.30. The Labute approximate surface area is 92.8 Å². The Hall–Kier alpha value is -0.793. The Morgan fingerprint density at radius 1 is 1.53 bits per heavy atom. The topological polar surface area (TPSA) is 29.5 Å². The molecule has 0 unspecified atom stereocenters. The number of hydrogen-bond acceptors (Lipinski definition) is 2. The maximum atomic E-state index is 10.8. The highest BCUT2D eigenvalue weighted by atomic mass is 28.3. The van der Waals surface area contributed by atoms with Gasteiger partial charge in [0.2, 0.25) is 6.41 Å². The average molecular weight is 225 g/mol. The van der Waals surface area contributed by atoms with Gasteiger partial charge >= 0.3 is 0 Å². The lowest BCUT2D eigenvalue weighted by Crippen LogP contribution is -2.44. The molecule has 1 atom stereocenters. The van der Waals surface area contributed by atoms with Gasteiger partial charge in [0.1, 0.15) is 8.07 Å². The molecule has 0 bridgehead atoms. The Kier molecular flexibility index (Phi) is 4.37. The number of rotatable bonds is 2. The van der Waals surface area contributed by atoms with Gasteiger partial charge in [0.25, 0.3) is 0 Å². The minimum absolute atomic E-state index is 0.153. The van der Waals surface area contributed by atoms with E-state index in [0.29, 0.717) is 19.8 Å². The van der Waals surface area contributed by atoms with Crippen LogP contribution < -0.4 is 0 Å². The molecule has 1 rings (SSSR count). The second-order valence-corrected chi connectivity index (χ2v) is 9.58. The Morgan fingerprint density at radius 3 is 2.87 bits per heavy atom. The molecule has 0 aromatic heterocycles. The van der Waals surface area contributed by atoms with Crippen LogP contribution in [-0.4, -0.2) is 45.2 Å². The van der Waals surface area contributed by atoms with Gasteiger partial charge < -0.3 is 9.64 Å². The van der Waals surface area contributed by atoms with E-state index in [2.05, 4.69) is 31.1 Å². The number of morpholine rings is 1. The lowest BCUT2D eigenvalue weighted by molar-refractivity contribution is -0.125. The van der Waals surface area contributed by atoms with E-state index in [-0.39, 0.29) is 6.04 Å². The van der Waals surface area contributed by atoms with Gasteiger partial charge in [-0.3, -0.25) is 4.79 Å². The minimum Gasteiger partial charge on any atom is -0.377 e. The van der Waals surface area contributed by atoms with Crippen molar-refractivity contribution in [2.75, 3.05) is 19.8 Å².